The second kappa shape index (κ2) is 8.97. The Balaban J connectivity index is 1.17. The van der Waals surface area contributed by atoms with Crippen LogP contribution in [0, 0.1) is 0 Å². The molecule has 2 fully saturated rings. The summed E-state index contributed by atoms with van der Waals surface area (Å²) in [5.41, 5.74) is 3.61. The molecule has 1 amide bonds. The Kier molecular flexibility index (Phi) is 5.92. The van der Waals surface area contributed by atoms with E-state index < -0.39 is 0 Å². The van der Waals surface area contributed by atoms with Crippen LogP contribution in [0.5, 0.6) is 0 Å². The number of nitrogens with zero attached hydrogens (tertiary/aromatic N) is 4. The zero-order valence-corrected chi connectivity index (χ0v) is 18.1. The van der Waals surface area contributed by atoms with E-state index in [0.29, 0.717) is 11.6 Å². The molecule has 0 unspecified atom stereocenters. The molecule has 1 aromatic carbocycles. The van der Waals surface area contributed by atoms with Gasteiger partial charge in [0.05, 0.1) is 18.2 Å². The minimum absolute atomic E-state index is 0.0848. The Morgan fingerprint density at radius 1 is 1.00 bits per heavy atom. The first-order valence-electron chi connectivity index (χ1n) is 11.7. The van der Waals surface area contributed by atoms with Gasteiger partial charge in [-0.25, -0.2) is 4.98 Å². The SMILES string of the molecule is O=C(c1ccc(N2CCC[C@@H]2CO)nc1)N1CCC(N2CCc3ccccc3C2)CC1. The summed E-state index contributed by atoms with van der Waals surface area (Å²) in [4.78, 5) is 24.3. The van der Waals surface area contributed by atoms with Crippen LogP contribution in [-0.2, 0) is 13.0 Å². The monoisotopic (exact) mass is 420 g/mol. The number of aromatic nitrogens is 1. The summed E-state index contributed by atoms with van der Waals surface area (Å²) in [6, 6.07) is 13.3. The molecule has 3 aliphatic rings. The van der Waals surface area contributed by atoms with E-state index in [0.717, 1.165) is 70.6 Å². The Bertz CT molecular complexity index is 908. The molecular weight excluding hydrogens is 388 g/mol. The third kappa shape index (κ3) is 4.19. The molecule has 1 aromatic heterocycles. The van der Waals surface area contributed by atoms with Crippen LogP contribution in [0.4, 0.5) is 5.82 Å². The third-order valence-corrected chi connectivity index (χ3v) is 7.31. The molecule has 0 saturated carbocycles. The van der Waals surface area contributed by atoms with Gasteiger partial charge >= 0.3 is 0 Å². The quantitative estimate of drug-likeness (QED) is 0.824. The first kappa shape index (κ1) is 20.5. The number of fused-ring (bicyclic) bond motifs is 1. The number of likely N-dealkylation sites (tertiary alicyclic amines) is 1. The van der Waals surface area contributed by atoms with Crippen molar-refractivity contribution in [2.75, 3.05) is 37.7 Å². The van der Waals surface area contributed by atoms with Crippen molar-refractivity contribution in [3.8, 4) is 0 Å². The first-order chi connectivity index (χ1) is 15.2. The Hall–Kier alpha value is -2.44. The fraction of sp³-hybridized carbons (Fsp3) is 0.520. The lowest BCUT2D eigenvalue weighted by atomic mass is 9.95. The van der Waals surface area contributed by atoms with Crippen LogP contribution in [-0.4, -0.2) is 70.7 Å². The van der Waals surface area contributed by atoms with Gasteiger partial charge in [-0.15, -0.1) is 0 Å². The van der Waals surface area contributed by atoms with Gasteiger partial charge in [0.15, 0.2) is 0 Å². The van der Waals surface area contributed by atoms with E-state index in [1.807, 2.05) is 17.0 Å². The summed E-state index contributed by atoms with van der Waals surface area (Å²) in [5, 5.41) is 9.54. The van der Waals surface area contributed by atoms with Gasteiger partial charge in [0.1, 0.15) is 5.82 Å². The molecule has 0 aliphatic carbocycles. The van der Waals surface area contributed by atoms with Gasteiger partial charge in [0.2, 0.25) is 0 Å². The van der Waals surface area contributed by atoms with E-state index in [4.69, 9.17) is 0 Å². The Labute approximate surface area is 184 Å². The number of piperidine rings is 1. The van der Waals surface area contributed by atoms with Crippen molar-refractivity contribution in [1.82, 2.24) is 14.8 Å². The van der Waals surface area contributed by atoms with E-state index in [2.05, 4.69) is 39.0 Å². The van der Waals surface area contributed by atoms with E-state index in [1.54, 1.807) is 6.20 Å². The largest absolute Gasteiger partial charge is 0.394 e. The van der Waals surface area contributed by atoms with Gasteiger partial charge < -0.3 is 14.9 Å². The lowest BCUT2D eigenvalue weighted by molar-refractivity contribution is 0.0599. The zero-order valence-electron chi connectivity index (χ0n) is 18.1. The van der Waals surface area contributed by atoms with Crippen molar-refractivity contribution in [1.29, 1.82) is 0 Å². The molecule has 1 atom stereocenters. The number of pyridine rings is 1. The zero-order chi connectivity index (χ0) is 21.2. The highest BCUT2D eigenvalue weighted by Crippen LogP contribution is 2.26. The summed E-state index contributed by atoms with van der Waals surface area (Å²) < 4.78 is 0. The molecule has 6 nitrogen and oxygen atoms in total. The van der Waals surface area contributed by atoms with Crippen LogP contribution in [0.15, 0.2) is 42.6 Å². The minimum Gasteiger partial charge on any atom is -0.394 e. The van der Waals surface area contributed by atoms with E-state index >= 15 is 0 Å². The first-order valence-corrected chi connectivity index (χ1v) is 11.7. The van der Waals surface area contributed by atoms with Crippen molar-refractivity contribution in [2.24, 2.45) is 0 Å². The average molecular weight is 421 g/mol. The van der Waals surface area contributed by atoms with E-state index in [-0.39, 0.29) is 18.6 Å². The Morgan fingerprint density at radius 3 is 2.55 bits per heavy atom. The number of anilines is 1. The Morgan fingerprint density at radius 2 is 1.81 bits per heavy atom. The van der Waals surface area contributed by atoms with Crippen molar-refractivity contribution in [2.45, 2.75) is 50.7 Å². The molecule has 2 saturated heterocycles. The highest BCUT2D eigenvalue weighted by Gasteiger charge is 2.30. The van der Waals surface area contributed by atoms with Crippen molar-refractivity contribution in [3.05, 3.63) is 59.3 Å². The average Bonchev–Trinajstić information content (AvgIpc) is 3.32. The number of aliphatic hydroxyl groups excluding tert-OH is 1. The number of benzene rings is 1. The van der Waals surface area contributed by atoms with Crippen molar-refractivity contribution in [3.63, 3.8) is 0 Å². The maximum absolute atomic E-state index is 13.0. The summed E-state index contributed by atoms with van der Waals surface area (Å²) in [6.07, 6.45) is 6.97. The minimum atomic E-state index is 0.0848. The van der Waals surface area contributed by atoms with Crippen LogP contribution >= 0.6 is 0 Å². The normalized spacial score (nSPS) is 22.5. The maximum Gasteiger partial charge on any atom is 0.255 e. The summed E-state index contributed by atoms with van der Waals surface area (Å²) in [7, 11) is 0. The third-order valence-electron chi connectivity index (χ3n) is 7.31. The molecule has 3 aliphatic heterocycles. The van der Waals surface area contributed by atoms with Crippen molar-refractivity contribution < 1.29 is 9.90 Å². The number of aliphatic hydroxyl groups is 1. The lowest BCUT2D eigenvalue weighted by Crippen LogP contribution is -2.48. The number of amides is 1. The number of hydrogen-bond donors (Lipinski definition) is 1. The predicted molar refractivity (Wildman–Crippen MR) is 121 cm³/mol. The molecule has 0 radical (unpaired) electrons. The smallest absolute Gasteiger partial charge is 0.255 e. The number of rotatable bonds is 4. The molecule has 6 heteroatoms. The number of carbonyl (C=O) groups is 1. The molecule has 31 heavy (non-hydrogen) atoms. The van der Waals surface area contributed by atoms with Gasteiger partial charge in [-0.05, 0) is 55.4 Å². The van der Waals surface area contributed by atoms with Crippen LogP contribution in [0.3, 0.4) is 0 Å². The fourth-order valence-electron chi connectivity index (χ4n) is 5.46. The molecule has 2 aromatic rings. The lowest BCUT2D eigenvalue weighted by Gasteiger charge is -2.40. The van der Waals surface area contributed by atoms with Crippen LogP contribution in [0.2, 0.25) is 0 Å². The molecule has 0 bridgehead atoms. The second-order valence-corrected chi connectivity index (χ2v) is 9.09. The van der Waals surface area contributed by atoms with Crippen LogP contribution in [0.1, 0.15) is 47.2 Å². The molecule has 5 rings (SSSR count). The topological polar surface area (TPSA) is 59.9 Å². The second-order valence-electron chi connectivity index (χ2n) is 9.09. The predicted octanol–water partition coefficient (Wildman–Crippen LogP) is 2.71. The van der Waals surface area contributed by atoms with Crippen molar-refractivity contribution >= 4 is 11.7 Å². The summed E-state index contributed by atoms with van der Waals surface area (Å²) >= 11 is 0. The summed E-state index contributed by atoms with van der Waals surface area (Å²) in [6.45, 7) is 4.84. The standard InChI is InChI=1S/C25H32N4O2/c30-18-23-6-3-12-29(23)24-8-7-20(16-26-24)25(31)27-14-10-22(11-15-27)28-13-9-19-4-1-2-5-21(19)17-28/h1-2,4-5,7-8,16,22-23,30H,3,6,9-15,17-18H2/t23-/m1/s1. The van der Waals surface area contributed by atoms with E-state index in [9.17, 15) is 9.90 Å². The molecule has 164 valence electrons. The van der Waals surface area contributed by atoms with Crippen LogP contribution in [0.25, 0.3) is 0 Å². The number of hydrogen-bond acceptors (Lipinski definition) is 5. The van der Waals surface area contributed by atoms with Gasteiger partial charge in [-0.1, -0.05) is 24.3 Å². The van der Waals surface area contributed by atoms with Gasteiger partial charge in [-0.3, -0.25) is 9.69 Å². The van der Waals surface area contributed by atoms with Gasteiger partial charge in [0, 0.05) is 45.0 Å². The van der Waals surface area contributed by atoms with E-state index in [1.165, 1.54) is 11.1 Å². The van der Waals surface area contributed by atoms with Gasteiger partial charge in [-0.2, -0.15) is 0 Å². The molecule has 1 N–H and O–H groups in total. The highest BCUT2D eigenvalue weighted by atomic mass is 16.3. The molecule has 4 heterocycles. The fourth-order valence-corrected chi connectivity index (χ4v) is 5.46. The number of carbonyl (C=O) groups excluding carboxylic acids is 1. The highest BCUT2D eigenvalue weighted by molar-refractivity contribution is 5.94. The van der Waals surface area contributed by atoms with Gasteiger partial charge in [0.25, 0.3) is 5.91 Å². The maximum atomic E-state index is 13.0. The molecule has 0 spiro atoms. The molecular formula is C25H32N4O2. The summed E-state index contributed by atoms with van der Waals surface area (Å²) in [5.74, 6) is 0.943. The van der Waals surface area contributed by atoms with Crippen LogP contribution < -0.4 is 4.90 Å².